The molecule has 0 radical (unpaired) electrons. The Bertz CT molecular complexity index is 269. The lowest BCUT2D eigenvalue weighted by molar-refractivity contribution is 0.759. The summed E-state index contributed by atoms with van der Waals surface area (Å²) in [4.78, 5) is 0. The van der Waals surface area contributed by atoms with Crippen molar-refractivity contribution in [2.45, 2.75) is 0 Å². The molecular weight excluding hydrogens is 180 g/mol. The summed E-state index contributed by atoms with van der Waals surface area (Å²) >= 11 is 8.67. The Balaban J connectivity index is 2.92. The quantitative estimate of drug-likeness (QED) is 0.288. The summed E-state index contributed by atoms with van der Waals surface area (Å²) in [6, 6.07) is 1.75. The van der Waals surface area contributed by atoms with Gasteiger partial charge in [0.1, 0.15) is 5.82 Å². The van der Waals surface area contributed by atoms with Gasteiger partial charge in [-0.15, -0.1) is 12.6 Å². The zero-order valence-corrected chi connectivity index (χ0v) is 7.64. The van der Waals surface area contributed by atoms with Crippen molar-refractivity contribution >= 4 is 35.0 Å². The Morgan fingerprint density at radius 3 is 2.91 bits per heavy atom. The first kappa shape index (κ1) is 8.51. The largest absolute Gasteiger partial charge is 0.251 e. The van der Waals surface area contributed by atoms with Crippen molar-refractivity contribution < 1.29 is 0 Å². The average Bonchev–Trinajstić information content (AvgIpc) is 2.33. The fraction of sp³-hybridized carbons (Fsp3) is 0.200. The third-order valence-corrected chi connectivity index (χ3v) is 1.66. The molecule has 60 valence electrons. The number of hydrazine groups is 1. The van der Waals surface area contributed by atoms with Crippen LogP contribution in [-0.4, -0.2) is 14.1 Å². The molecule has 0 aromatic carbocycles. The maximum atomic E-state index is 5.54. The van der Waals surface area contributed by atoms with Gasteiger partial charge in [-0.2, -0.15) is 5.10 Å². The van der Waals surface area contributed by atoms with Crippen molar-refractivity contribution in [2.24, 2.45) is 12.9 Å². The highest BCUT2D eigenvalue weighted by atomic mass is 32.1. The highest BCUT2D eigenvalue weighted by molar-refractivity contribution is 8.11. The van der Waals surface area contributed by atoms with Gasteiger partial charge in [-0.05, 0) is 0 Å². The fourth-order valence-electron chi connectivity index (χ4n) is 0.701. The third kappa shape index (κ3) is 1.70. The molecule has 0 bridgehead atoms. The molecule has 0 saturated heterocycles. The minimum atomic E-state index is 0.314. The van der Waals surface area contributed by atoms with E-state index in [9.17, 15) is 0 Å². The number of anilines is 1. The van der Waals surface area contributed by atoms with Crippen molar-refractivity contribution in [3.8, 4) is 0 Å². The Labute approximate surface area is 75.4 Å². The van der Waals surface area contributed by atoms with Crippen LogP contribution < -0.4 is 10.9 Å². The van der Waals surface area contributed by atoms with Crippen molar-refractivity contribution in [1.82, 2.24) is 9.78 Å². The van der Waals surface area contributed by atoms with Gasteiger partial charge in [0.15, 0.2) is 4.32 Å². The lowest BCUT2D eigenvalue weighted by Gasteiger charge is -2.14. The second-order valence-corrected chi connectivity index (χ2v) is 3.08. The zero-order chi connectivity index (χ0) is 8.43. The summed E-state index contributed by atoms with van der Waals surface area (Å²) in [7, 11) is 1.78. The smallest absolute Gasteiger partial charge is 0.153 e. The molecule has 1 heterocycles. The van der Waals surface area contributed by atoms with Crippen molar-refractivity contribution in [3.63, 3.8) is 0 Å². The SMILES string of the molecule is Cn1nccc1N(N)C(=S)S. The van der Waals surface area contributed by atoms with Gasteiger partial charge in [0.05, 0.1) is 6.20 Å². The van der Waals surface area contributed by atoms with Crippen LogP contribution in [0.4, 0.5) is 5.82 Å². The number of hydrogen-bond donors (Lipinski definition) is 2. The number of rotatable bonds is 1. The summed E-state index contributed by atoms with van der Waals surface area (Å²) in [5.74, 6) is 6.25. The second kappa shape index (κ2) is 3.21. The summed E-state index contributed by atoms with van der Waals surface area (Å²) in [6.45, 7) is 0. The topological polar surface area (TPSA) is 47.1 Å². The predicted molar refractivity (Wildman–Crippen MR) is 51.5 cm³/mol. The van der Waals surface area contributed by atoms with E-state index in [1.54, 1.807) is 24.0 Å². The van der Waals surface area contributed by atoms with E-state index in [4.69, 9.17) is 18.1 Å². The molecule has 1 aromatic heterocycles. The average molecular weight is 188 g/mol. The van der Waals surface area contributed by atoms with Crippen LogP contribution in [0.15, 0.2) is 12.3 Å². The van der Waals surface area contributed by atoms with Crippen molar-refractivity contribution in [1.29, 1.82) is 0 Å². The molecule has 11 heavy (non-hydrogen) atoms. The molecule has 0 amide bonds. The lowest BCUT2D eigenvalue weighted by Crippen LogP contribution is -2.34. The highest BCUT2D eigenvalue weighted by Crippen LogP contribution is 2.09. The number of thiol groups is 1. The first-order valence-corrected chi connectivity index (χ1v) is 3.74. The van der Waals surface area contributed by atoms with Crippen LogP contribution in [0.2, 0.25) is 0 Å². The van der Waals surface area contributed by atoms with E-state index in [0.717, 1.165) is 0 Å². The van der Waals surface area contributed by atoms with Crippen molar-refractivity contribution in [2.75, 3.05) is 5.01 Å². The monoisotopic (exact) mass is 188 g/mol. The lowest BCUT2D eigenvalue weighted by atomic mass is 10.6. The van der Waals surface area contributed by atoms with Gasteiger partial charge in [0, 0.05) is 13.1 Å². The van der Waals surface area contributed by atoms with Gasteiger partial charge < -0.3 is 0 Å². The van der Waals surface area contributed by atoms with E-state index >= 15 is 0 Å². The molecule has 0 unspecified atom stereocenters. The number of aryl methyl sites for hydroxylation is 1. The van der Waals surface area contributed by atoms with Crippen LogP contribution in [0.3, 0.4) is 0 Å². The Morgan fingerprint density at radius 2 is 2.55 bits per heavy atom. The molecule has 2 N–H and O–H groups in total. The van der Waals surface area contributed by atoms with Crippen molar-refractivity contribution in [3.05, 3.63) is 12.3 Å². The molecule has 1 rings (SSSR count). The van der Waals surface area contributed by atoms with E-state index in [1.165, 1.54) is 5.01 Å². The van der Waals surface area contributed by atoms with Gasteiger partial charge in [-0.25, -0.2) is 10.9 Å². The van der Waals surface area contributed by atoms with Crippen LogP contribution in [0.25, 0.3) is 0 Å². The molecule has 1 aromatic rings. The summed E-state index contributed by atoms with van der Waals surface area (Å²) in [5, 5.41) is 5.20. The maximum Gasteiger partial charge on any atom is 0.153 e. The molecule has 0 spiro atoms. The van der Waals surface area contributed by atoms with Gasteiger partial charge in [0.25, 0.3) is 0 Å². The number of aromatic nitrogens is 2. The van der Waals surface area contributed by atoms with E-state index in [2.05, 4.69) is 17.7 Å². The fourth-order valence-corrected chi connectivity index (χ4v) is 0.897. The van der Waals surface area contributed by atoms with Gasteiger partial charge in [-0.1, -0.05) is 12.2 Å². The van der Waals surface area contributed by atoms with E-state index < -0.39 is 0 Å². The summed E-state index contributed by atoms with van der Waals surface area (Å²) in [5.41, 5.74) is 0. The Morgan fingerprint density at radius 1 is 1.91 bits per heavy atom. The molecule has 0 fully saturated rings. The number of nitrogens with two attached hydrogens (primary N) is 1. The van der Waals surface area contributed by atoms with Gasteiger partial charge in [0.2, 0.25) is 0 Å². The molecular formula is C5H8N4S2. The van der Waals surface area contributed by atoms with Gasteiger partial charge >= 0.3 is 0 Å². The van der Waals surface area contributed by atoms with Crippen LogP contribution in [0.1, 0.15) is 0 Å². The number of nitrogens with zero attached hydrogens (tertiary/aromatic N) is 3. The second-order valence-electron chi connectivity index (χ2n) is 1.97. The number of hydrogen-bond acceptors (Lipinski definition) is 3. The zero-order valence-electron chi connectivity index (χ0n) is 5.93. The predicted octanol–water partition coefficient (Wildman–Crippen LogP) is 0.315. The molecule has 0 aliphatic rings. The first-order chi connectivity index (χ1) is 5.13. The van der Waals surface area contributed by atoms with Crippen LogP contribution in [0, 0.1) is 0 Å². The summed E-state index contributed by atoms with van der Waals surface area (Å²) < 4.78 is 1.93. The molecule has 0 aliphatic carbocycles. The normalized spacial score (nSPS) is 9.73. The van der Waals surface area contributed by atoms with E-state index in [1.807, 2.05) is 0 Å². The molecule has 0 atom stereocenters. The minimum Gasteiger partial charge on any atom is -0.251 e. The Hall–Kier alpha value is -0.590. The highest BCUT2D eigenvalue weighted by Gasteiger charge is 2.06. The van der Waals surface area contributed by atoms with E-state index in [0.29, 0.717) is 10.1 Å². The number of thiocarbonyl (C=S) groups is 1. The summed E-state index contributed by atoms with van der Waals surface area (Å²) in [6.07, 6.45) is 1.64. The molecule has 0 aliphatic heterocycles. The Kier molecular flexibility index (Phi) is 2.48. The first-order valence-electron chi connectivity index (χ1n) is 2.88. The standard InChI is InChI=1S/C5H8N4S2/c1-8-4(2-3-7-8)9(6)5(10)11/h2-3H,6H2,1H3,(H,10,11). The third-order valence-electron chi connectivity index (χ3n) is 1.25. The van der Waals surface area contributed by atoms with Crippen LogP contribution >= 0.6 is 24.8 Å². The molecule has 6 heteroatoms. The van der Waals surface area contributed by atoms with Crippen LogP contribution in [-0.2, 0) is 7.05 Å². The molecule has 0 saturated carbocycles. The van der Waals surface area contributed by atoms with Gasteiger partial charge in [-0.3, -0.25) is 4.68 Å². The van der Waals surface area contributed by atoms with E-state index in [-0.39, 0.29) is 0 Å². The molecule has 4 nitrogen and oxygen atoms in total. The maximum absolute atomic E-state index is 5.54. The van der Waals surface area contributed by atoms with Crippen LogP contribution in [0.5, 0.6) is 0 Å². The minimum absolute atomic E-state index is 0.314.